The van der Waals surface area contributed by atoms with Gasteiger partial charge in [-0.15, -0.1) is 0 Å². The molecule has 0 N–H and O–H groups in total. The maximum absolute atomic E-state index is 7.55. The minimum absolute atomic E-state index is 0.0157. The molecule has 0 amide bonds. The molecule has 3 aliphatic rings. The molecule has 1 aliphatic carbocycles. The van der Waals surface area contributed by atoms with Crippen LogP contribution in [0.15, 0.2) is 132 Å². The summed E-state index contributed by atoms with van der Waals surface area (Å²) in [5.74, 6) is 3.04. The lowest BCUT2D eigenvalue weighted by Crippen LogP contribution is -2.57. The van der Waals surface area contributed by atoms with Gasteiger partial charge in [-0.25, -0.2) is 0 Å². The molecular weight excluding hydrogens is 741 g/mol. The molecule has 3 heterocycles. The Morgan fingerprint density at radius 2 is 1.23 bits per heavy atom. The standard InChI is InChI=1S/C57H54BNO2/c1-32(2)35-29-40(33(3)4)53(41(30-35)34(5)6)58-45-26-23-36(31-50(45)61-55-46(58)27-24-38-37-17-11-13-19-42(37)57(9,10)52(38)55)59-47-21-15-14-20-43(47)56(7,8)44-25-28-49-51(54(44)59)39-18-12-16-22-48(39)60-49/h11-34H,1-10H3. The number of para-hydroxylation sites is 2. The molecule has 7 aromatic carbocycles. The molecule has 0 fully saturated rings. The van der Waals surface area contributed by atoms with Crippen LogP contribution in [-0.4, -0.2) is 6.71 Å². The molecule has 0 radical (unpaired) electrons. The number of ether oxygens (including phenoxy) is 1. The van der Waals surface area contributed by atoms with Crippen molar-refractivity contribution in [2.24, 2.45) is 0 Å². The molecule has 61 heavy (non-hydrogen) atoms. The van der Waals surface area contributed by atoms with Crippen LogP contribution in [0.3, 0.4) is 0 Å². The van der Waals surface area contributed by atoms with Gasteiger partial charge in [0.25, 0.3) is 6.71 Å². The second kappa shape index (κ2) is 13.3. The van der Waals surface area contributed by atoms with Crippen molar-refractivity contribution in [3.63, 3.8) is 0 Å². The van der Waals surface area contributed by atoms with Crippen LogP contribution in [0.2, 0.25) is 0 Å². The second-order valence-electron chi connectivity index (χ2n) is 19.8. The van der Waals surface area contributed by atoms with Gasteiger partial charge in [-0.1, -0.05) is 172 Å². The first-order valence-corrected chi connectivity index (χ1v) is 22.4. The first kappa shape index (κ1) is 38.0. The van der Waals surface area contributed by atoms with Crippen LogP contribution < -0.4 is 26.0 Å². The predicted octanol–water partition coefficient (Wildman–Crippen LogP) is 14.0. The van der Waals surface area contributed by atoms with Gasteiger partial charge in [0.05, 0.1) is 16.8 Å². The summed E-state index contributed by atoms with van der Waals surface area (Å²) in [5.41, 5.74) is 20.7. The Morgan fingerprint density at radius 1 is 0.557 bits per heavy atom. The van der Waals surface area contributed by atoms with Crippen molar-refractivity contribution in [2.45, 2.75) is 97.8 Å². The number of nitrogens with zero attached hydrogens (tertiary/aromatic N) is 1. The van der Waals surface area contributed by atoms with Gasteiger partial charge < -0.3 is 14.1 Å². The largest absolute Gasteiger partial charge is 0.458 e. The zero-order chi connectivity index (χ0) is 42.3. The Morgan fingerprint density at radius 3 is 1.97 bits per heavy atom. The lowest BCUT2D eigenvalue weighted by molar-refractivity contribution is 0.469. The summed E-state index contributed by atoms with van der Waals surface area (Å²) in [5, 5.41) is 2.27. The monoisotopic (exact) mass is 795 g/mol. The summed E-state index contributed by atoms with van der Waals surface area (Å²) in [4.78, 5) is 2.49. The Balaban J connectivity index is 1.21. The van der Waals surface area contributed by atoms with Crippen molar-refractivity contribution < 1.29 is 9.15 Å². The Labute approximate surface area is 361 Å². The number of hydrogen-bond donors (Lipinski definition) is 0. The Bertz CT molecular complexity index is 3100. The van der Waals surface area contributed by atoms with E-state index in [0.717, 1.165) is 39.1 Å². The highest BCUT2D eigenvalue weighted by Crippen LogP contribution is 2.57. The fourth-order valence-corrected chi connectivity index (χ4v) is 11.4. The summed E-state index contributed by atoms with van der Waals surface area (Å²) in [6, 6.07) is 47.7. The van der Waals surface area contributed by atoms with Gasteiger partial charge in [-0.3, -0.25) is 0 Å². The highest BCUT2D eigenvalue weighted by Gasteiger charge is 2.45. The number of fused-ring (bicyclic) bond motifs is 12. The van der Waals surface area contributed by atoms with Crippen LogP contribution in [-0.2, 0) is 10.8 Å². The van der Waals surface area contributed by atoms with Crippen molar-refractivity contribution in [3.8, 4) is 22.6 Å². The van der Waals surface area contributed by atoms with E-state index in [4.69, 9.17) is 9.15 Å². The maximum Gasteiger partial charge on any atom is 0.251 e. The van der Waals surface area contributed by atoms with Crippen molar-refractivity contribution in [2.75, 3.05) is 4.90 Å². The number of benzene rings is 7. The molecule has 0 bridgehead atoms. The van der Waals surface area contributed by atoms with Crippen molar-refractivity contribution >= 4 is 62.1 Å². The number of rotatable bonds is 5. The number of hydrogen-bond acceptors (Lipinski definition) is 3. The van der Waals surface area contributed by atoms with Crippen molar-refractivity contribution in [3.05, 3.63) is 166 Å². The fraction of sp³-hybridized carbons (Fsp3) is 0.263. The molecule has 302 valence electrons. The van der Waals surface area contributed by atoms with Gasteiger partial charge in [-0.2, -0.15) is 0 Å². The van der Waals surface area contributed by atoms with E-state index in [1.807, 2.05) is 0 Å². The van der Waals surface area contributed by atoms with Gasteiger partial charge in [0.15, 0.2) is 0 Å². The van der Waals surface area contributed by atoms with Gasteiger partial charge >= 0.3 is 0 Å². The van der Waals surface area contributed by atoms with Crippen LogP contribution >= 0.6 is 0 Å². The quantitative estimate of drug-likeness (QED) is 0.162. The first-order chi connectivity index (χ1) is 29.3. The summed E-state index contributed by atoms with van der Waals surface area (Å²) >= 11 is 0. The van der Waals surface area contributed by atoms with Crippen LogP contribution in [0.25, 0.3) is 33.1 Å². The average molecular weight is 796 g/mol. The van der Waals surface area contributed by atoms with Gasteiger partial charge in [0.1, 0.15) is 22.7 Å². The highest BCUT2D eigenvalue weighted by molar-refractivity contribution is 6.97. The molecule has 0 atom stereocenters. The van der Waals surface area contributed by atoms with E-state index >= 15 is 0 Å². The smallest absolute Gasteiger partial charge is 0.251 e. The van der Waals surface area contributed by atoms with E-state index < -0.39 is 0 Å². The van der Waals surface area contributed by atoms with Crippen molar-refractivity contribution in [1.82, 2.24) is 0 Å². The summed E-state index contributed by atoms with van der Waals surface area (Å²) in [6.07, 6.45) is 0. The maximum atomic E-state index is 7.55. The zero-order valence-corrected chi connectivity index (χ0v) is 37.2. The summed E-state index contributed by atoms with van der Waals surface area (Å²) in [6.45, 7) is 23.6. The number of furan rings is 1. The third-order valence-electron chi connectivity index (χ3n) is 14.5. The minimum atomic E-state index is -0.246. The van der Waals surface area contributed by atoms with E-state index in [1.54, 1.807) is 0 Å². The van der Waals surface area contributed by atoms with Gasteiger partial charge in [0, 0.05) is 33.5 Å². The average Bonchev–Trinajstić information content (AvgIpc) is 3.74. The topological polar surface area (TPSA) is 25.6 Å². The van der Waals surface area contributed by atoms with E-state index in [9.17, 15) is 0 Å². The predicted molar refractivity (Wildman–Crippen MR) is 258 cm³/mol. The molecule has 8 aromatic rings. The van der Waals surface area contributed by atoms with E-state index in [-0.39, 0.29) is 17.5 Å². The molecule has 0 saturated heterocycles. The SMILES string of the molecule is CC(C)c1cc(C(C)C)c(B2c3ccc(N4c5ccccc5C(C)(C)c5ccc6oc7ccccc7c6c54)cc3Oc3c2ccc2c3C(C)(C)c3ccccc3-2)c(C(C)C)c1. The molecule has 2 aliphatic heterocycles. The van der Waals surface area contributed by atoms with Crippen LogP contribution in [0.1, 0.15) is 126 Å². The van der Waals surface area contributed by atoms with Crippen LogP contribution in [0, 0.1) is 0 Å². The Kier molecular flexibility index (Phi) is 8.25. The first-order valence-electron chi connectivity index (χ1n) is 22.4. The third-order valence-corrected chi connectivity index (χ3v) is 14.5. The molecule has 3 nitrogen and oxygen atoms in total. The third kappa shape index (κ3) is 5.30. The molecule has 4 heteroatoms. The zero-order valence-electron chi connectivity index (χ0n) is 37.2. The van der Waals surface area contributed by atoms with Gasteiger partial charge in [0.2, 0.25) is 0 Å². The van der Waals surface area contributed by atoms with Crippen LogP contribution in [0.5, 0.6) is 11.5 Å². The molecule has 11 rings (SSSR count). The summed E-state index contributed by atoms with van der Waals surface area (Å²) in [7, 11) is 0. The molecule has 0 spiro atoms. The normalized spacial score (nSPS) is 15.5. The second-order valence-corrected chi connectivity index (χ2v) is 19.8. The minimum Gasteiger partial charge on any atom is -0.458 e. The van der Waals surface area contributed by atoms with Gasteiger partial charge in [-0.05, 0) is 97.5 Å². The van der Waals surface area contributed by atoms with E-state index in [1.165, 1.54) is 77.8 Å². The Hall–Kier alpha value is -6.00. The highest BCUT2D eigenvalue weighted by atomic mass is 16.5. The molecular formula is C57H54BNO2. The van der Waals surface area contributed by atoms with E-state index in [0.29, 0.717) is 17.8 Å². The lowest BCUT2D eigenvalue weighted by atomic mass is 9.33. The van der Waals surface area contributed by atoms with E-state index in [2.05, 4.69) is 202 Å². The molecule has 0 unspecified atom stereocenters. The fourth-order valence-electron chi connectivity index (χ4n) is 11.4. The lowest BCUT2D eigenvalue weighted by Gasteiger charge is -2.42. The molecule has 0 saturated carbocycles. The van der Waals surface area contributed by atoms with Crippen molar-refractivity contribution in [1.29, 1.82) is 0 Å². The number of anilines is 3. The molecule has 1 aromatic heterocycles. The van der Waals surface area contributed by atoms with Crippen LogP contribution in [0.4, 0.5) is 17.1 Å². The summed E-state index contributed by atoms with van der Waals surface area (Å²) < 4.78 is 14.1.